The van der Waals surface area contributed by atoms with Crippen molar-refractivity contribution in [2.75, 3.05) is 5.33 Å². The molecule has 1 aromatic carbocycles. The summed E-state index contributed by atoms with van der Waals surface area (Å²) in [6.45, 7) is 3.93. The summed E-state index contributed by atoms with van der Waals surface area (Å²) < 4.78 is 25.5. The summed E-state index contributed by atoms with van der Waals surface area (Å²) in [5.74, 6) is -1.58. The van der Waals surface area contributed by atoms with Crippen LogP contribution in [0.15, 0.2) is 18.2 Å². The van der Waals surface area contributed by atoms with E-state index in [0.29, 0.717) is 5.33 Å². The Balaban J connectivity index is 3.10. The van der Waals surface area contributed by atoms with Crippen molar-refractivity contribution in [3.05, 3.63) is 35.4 Å². The van der Waals surface area contributed by atoms with Gasteiger partial charge in [-0.25, -0.2) is 8.78 Å². The third-order valence-corrected chi connectivity index (χ3v) is 3.44. The average molecular weight is 249 g/mol. The van der Waals surface area contributed by atoms with Crippen LogP contribution in [-0.4, -0.2) is 5.33 Å². The van der Waals surface area contributed by atoms with Crippen molar-refractivity contribution in [3.63, 3.8) is 0 Å². The molecule has 0 saturated heterocycles. The van der Waals surface area contributed by atoms with Crippen molar-refractivity contribution in [2.45, 2.75) is 19.3 Å². The van der Waals surface area contributed by atoms with Gasteiger partial charge in [-0.2, -0.15) is 0 Å². The van der Waals surface area contributed by atoms with Crippen LogP contribution < -0.4 is 0 Å². The van der Waals surface area contributed by atoms with Gasteiger partial charge in [0.15, 0.2) is 11.6 Å². The van der Waals surface area contributed by atoms with Crippen LogP contribution in [0.3, 0.4) is 0 Å². The largest absolute Gasteiger partial charge is 0.204 e. The van der Waals surface area contributed by atoms with Gasteiger partial charge in [-0.1, -0.05) is 35.8 Å². The molecule has 1 aromatic rings. The molecule has 72 valence electrons. The quantitative estimate of drug-likeness (QED) is 0.702. The normalized spacial score (nSPS) is 11.8. The molecule has 3 heteroatoms. The smallest absolute Gasteiger partial charge is 0.159 e. The lowest BCUT2D eigenvalue weighted by Crippen LogP contribution is -2.19. The molecule has 0 nitrogen and oxygen atoms in total. The Kier molecular flexibility index (Phi) is 3.06. The highest BCUT2D eigenvalue weighted by Crippen LogP contribution is 2.26. The Labute approximate surface area is 85.1 Å². The second-order valence-electron chi connectivity index (χ2n) is 3.65. The van der Waals surface area contributed by atoms with Crippen molar-refractivity contribution in [1.29, 1.82) is 0 Å². The Morgan fingerprint density at radius 2 is 1.85 bits per heavy atom. The lowest BCUT2D eigenvalue weighted by atomic mass is 9.87. The van der Waals surface area contributed by atoms with E-state index < -0.39 is 11.6 Å². The van der Waals surface area contributed by atoms with E-state index in [-0.39, 0.29) is 5.41 Å². The Hall–Kier alpha value is -0.440. The first kappa shape index (κ1) is 10.6. The summed E-state index contributed by atoms with van der Waals surface area (Å²) in [5.41, 5.74) is 0.623. The minimum atomic E-state index is -0.797. The van der Waals surface area contributed by atoms with Crippen LogP contribution >= 0.6 is 15.9 Å². The van der Waals surface area contributed by atoms with Crippen LogP contribution in [0, 0.1) is 11.6 Å². The van der Waals surface area contributed by atoms with Crippen molar-refractivity contribution in [3.8, 4) is 0 Å². The van der Waals surface area contributed by atoms with Crippen LogP contribution in [-0.2, 0) is 5.41 Å². The maximum atomic E-state index is 12.9. The molecule has 0 spiro atoms. The molecule has 0 heterocycles. The minimum Gasteiger partial charge on any atom is -0.204 e. The molecule has 0 fully saturated rings. The van der Waals surface area contributed by atoms with Gasteiger partial charge in [0.1, 0.15) is 0 Å². The van der Waals surface area contributed by atoms with E-state index >= 15 is 0 Å². The Morgan fingerprint density at radius 3 is 2.31 bits per heavy atom. The lowest BCUT2D eigenvalue weighted by molar-refractivity contribution is 0.500. The number of hydrogen-bond acceptors (Lipinski definition) is 0. The summed E-state index contributed by atoms with van der Waals surface area (Å²) in [6.07, 6.45) is 0. The van der Waals surface area contributed by atoms with Crippen molar-refractivity contribution >= 4 is 15.9 Å². The minimum absolute atomic E-state index is 0.172. The van der Waals surface area contributed by atoms with Gasteiger partial charge in [-0.15, -0.1) is 0 Å². The van der Waals surface area contributed by atoms with E-state index in [4.69, 9.17) is 0 Å². The molecule has 0 unspecified atom stereocenters. The summed E-state index contributed by atoms with van der Waals surface area (Å²) in [4.78, 5) is 0. The zero-order valence-electron chi connectivity index (χ0n) is 7.57. The molecule has 0 aliphatic heterocycles. The highest BCUT2D eigenvalue weighted by molar-refractivity contribution is 9.09. The molecule has 0 radical (unpaired) electrons. The van der Waals surface area contributed by atoms with E-state index in [1.165, 1.54) is 6.07 Å². The number of halogens is 3. The van der Waals surface area contributed by atoms with Gasteiger partial charge in [0.25, 0.3) is 0 Å². The first-order valence-electron chi connectivity index (χ1n) is 3.99. The molecule has 0 aliphatic rings. The zero-order valence-corrected chi connectivity index (χ0v) is 9.16. The molecular weight excluding hydrogens is 238 g/mol. The highest BCUT2D eigenvalue weighted by Gasteiger charge is 2.20. The predicted octanol–water partition coefficient (Wildman–Crippen LogP) is 3.64. The summed E-state index contributed by atoms with van der Waals surface area (Å²) in [7, 11) is 0. The number of rotatable bonds is 2. The maximum Gasteiger partial charge on any atom is 0.159 e. The molecule has 0 N–H and O–H groups in total. The summed E-state index contributed by atoms with van der Waals surface area (Å²) in [6, 6.07) is 4.02. The van der Waals surface area contributed by atoms with Gasteiger partial charge < -0.3 is 0 Å². The number of hydrogen-bond donors (Lipinski definition) is 0. The molecule has 0 amide bonds. The van der Waals surface area contributed by atoms with Gasteiger partial charge in [0.05, 0.1) is 0 Å². The molecule has 1 rings (SSSR count). The SMILES string of the molecule is CC(C)(CBr)c1ccc(F)c(F)c1. The summed E-state index contributed by atoms with van der Waals surface area (Å²) >= 11 is 3.33. The molecule has 0 bridgehead atoms. The highest BCUT2D eigenvalue weighted by atomic mass is 79.9. The van der Waals surface area contributed by atoms with Crippen molar-refractivity contribution in [1.82, 2.24) is 0 Å². The third kappa shape index (κ3) is 2.27. The third-order valence-electron chi connectivity index (χ3n) is 2.04. The van der Waals surface area contributed by atoms with Crippen LogP contribution in [0.2, 0.25) is 0 Å². The topological polar surface area (TPSA) is 0 Å². The van der Waals surface area contributed by atoms with E-state index in [0.717, 1.165) is 11.6 Å². The number of alkyl halides is 1. The molecule has 0 aliphatic carbocycles. The second-order valence-corrected chi connectivity index (χ2v) is 4.21. The van der Waals surface area contributed by atoms with Crippen molar-refractivity contribution < 1.29 is 8.78 Å². The second kappa shape index (κ2) is 3.74. The van der Waals surface area contributed by atoms with E-state index in [2.05, 4.69) is 15.9 Å². The van der Waals surface area contributed by atoms with Gasteiger partial charge in [-0.3, -0.25) is 0 Å². The fourth-order valence-corrected chi connectivity index (χ4v) is 1.32. The van der Waals surface area contributed by atoms with Crippen LogP contribution in [0.25, 0.3) is 0 Å². The molecule has 0 saturated carbocycles. The van der Waals surface area contributed by atoms with Crippen LogP contribution in [0.1, 0.15) is 19.4 Å². The van der Waals surface area contributed by atoms with Gasteiger partial charge >= 0.3 is 0 Å². The average Bonchev–Trinajstić information content (AvgIpc) is 2.09. The lowest BCUT2D eigenvalue weighted by Gasteiger charge is -2.22. The molecular formula is C10H11BrF2. The van der Waals surface area contributed by atoms with E-state index in [9.17, 15) is 8.78 Å². The van der Waals surface area contributed by atoms with Gasteiger partial charge in [-0.05, 0) is 23.1 Å². The first-order valence-corrected chi connectivity index (χ1v) is 5.11. The molecule has 0 atom stereocenters. The van der Waals surface area contributed by atoms with Gasteiger partial charge in [0.2, 0.25) is 0 Å². The Morgan fingerprint density at radius 1 is 1.23 bits per heavy atom. The fourth-order valence-electron chi connectivity index (χ4n) is 0.994. The van der Waals surface area contributed by atoms with E-state index in [1.807, 2.05) is 13.8 Å². The number of benzene rings is 1. The first-order chi connectivity index (χ1) is 5.97. The summed E-state index contributed by atoms with van der Waals surface area (Å²) in [5, 5.41) is 0.713. The maximum absolute atomic E-state index is 12.9. The monoisotopic (exact) mass is 248 g/mol. The van der Waals surface area contributed by atoms with Crippen LogP contribution in [0.4, 0.5) is 8.78 Å². The Bertz CT molecular complexity index is 308. The van der Waals surface area contributed by atoms with Crippen molar-refractivity contribution in [2.24, 2.45) is 0 Å². The van der Waals surface area contributed by atoms with E-state index in [1.54, 1.807) is 6.07 Å². The predicted molar refractivity (Wildman–Crippen MR) is 53.2 cm³/mol. The fraction of sp³-hybridized carbons (Fsp3) is 0.400. The van der Waals surface area contributed by atoms with Gasteiger partial charge in [0, 0.05) is 5.33 Å². The van der Waals surface area contributed by atoms with Crippen LogP contribution in [0.5, 0.6) is 0 Å². The standard InChI is InChI=1S/C10H11BrF2/c1-10(2,6-11)7-3-4-8(12)9(13)5-7/h3-5H,6H2,1-2H3. The molecule has 0 aromatic heterocycles. The molecule has 13 heavy (non-hydrogen) atoms. The zero-order chi connectivity index (χ0) is 10.1.